The molecule has 0 spiro atoms. The minimum atomic E-state index is 0.266. The molecule has 5 nitrogen and oxygen atoms in total. The molecular formula is C14H28N4O. The highest BCUT2D eigenvalue weighted by atomic mass is 16.5. The fourth-order valence-electron chi connectivity index (χ4n) is 2.15. The van der Waals surface area contributed by atoms with E-state index in [0.29, 0.717) is 11.9 Å². The molecule has 0 aromatic carbocycles. The van der Waals surface area contributed by atoms with Gasteiger partial charge >= 0.3 is 0 Å². The third-order valence-electron chi connectivity index (χ3n) is 3.72. The molecule has 0 saturated heterocycles. The second kappa shape index (κ2) is 6.89. The van der Waals surface area contributed by atoms with Gasteiger partial charge in [0, 0.05) is 20.0 Å². The number of aromatic nitrogens is 2. The summed E-state index contributed by atoms with van der Waals surface area (Å²) in [5.74, 6) is 1.97. The lowest BCUT2D eigenvalue weighted by Crippen LogP contribution is -2.24. The molecule has 5 heteroatoms. The summed E-state index contributed by atoms with van der Waals surface area (Å²) >= 11 is 0. The normalized spacial score (nSPS) is 13.6. The van der Waals surface area contributed by atoms with Crippen LogP contribution in [0.15, 0.2) is 4.52 Å². The van der Waals surface area contributed by atoms with Crippen molar-refractivity contribution in [2.24, 2.45) is 17.1 Å². The predicted octanol–water partition coefficient (Wildman–Crippen LogP) is 2.47. The molecule has 0 aliphatic rings. The molecule has 1 unspecified atom stereocenters. The molecule has 0 saturated carbocycles. The van der Waals surface area contributed by atoms with E-state index >= 15 is 0 Å². The van der Waals surface area contributed by atoms with Crippen molar-refractivity contribution >= 4 is 5.95 Å². The van der Waals surface area contributed by atoms with Gasteiger partial charge in [-0.25, -0.2) is 0 Å². The molecule has 0 bridgehead atoms. The number of nitrogens with zero attached hydrogens (tertiary/aromatic N) is 3. The van der Waals surface area contributed by atoms with Gasteiger partial charge in [0.2, 0.25) is 5.89 Å². The topological polar surface area (TPSA) is 68.2 Å². The third-order valence-corrected chi connectivity index (χ3v) is 3.72. The summed E-state index contributed by atoms with van der Waals surface area (Å²) in [6, 6.07) is 0. The first kappa shape index (κ1) is 16.0. The zero-order valence-corrected chi connectivity index (χ0v) is 12.9. The van der Waals surface area contributed by atoms with E-state index in [2.05, 4.69) is 37.8 Å². The van der Waals surface area contributed by atoms with E-state index in [0.717, 1.165) is 38.2 Å². The minimum Gasteiger partial charge on any atom is -0.342 e. The van der Waals surface area contributed by atoms with E-state index in [9.17, 15) is 0 Å². The molecule has 19 heavy (non-hydrogen) atoms. The van der Waals surface area contributed by atoms with Crippen LogP contribution in [0.2, 0.25) is 0 Å². The summed E-state index contributed by atoms with van der Waals surface area (Å²) in [5.41, 5.74) is 5.97. The van der Waals surface area contributed by atoms with E-state index in [1.807, 2.05) is 11.9 Å². The molecule has 0 fully saturated rings. The molecule has 0 radical (unpaired) electrons. The van der Waals surface area contributed by atoms with Gasteiger partial charge in [0.15, 0.2) is 0 Å². The highest BCUT2D eigenvalue weighted by Crippen LogP contribution is 2.32. The summed E-state index contributed by atoms with van der Waals surface area (Å²) in [5, 5.41) is 3.99. The van der Waals surface area contributed by atoms with Crippen LogP contribution in [0.4, 0.5) is 5.95 Å². The van der Waals surface area contributed by atoms with Gasteiger partial charge < -0.3 is 15.2 Å². The summed E-state index contributed by atoms with van der Waals surface area (Å²) in [4.78, 5) is 6.38. The summed E-state index contributed by atoms with van der Waals surface area (Å²) in [6.45, 7) is 10.4. The Labute approximate surface area is 116 Å². The Kier molecular flexibility index (Phi) is 5.79. The van der Waals surface area contributed by atoms with Crippen LogP contribution in [0.3, 0.4) is 0 Å². The number of rotatable bonds is 7. The van der Waals surface area contributed by atoms with Crippen LogP contribution in [0, 0.1) is 11.3 Å². The molecule has 0 amide bonds. The lowest BCUT2D eigenvalue weighted by Gasteiger charge is -2.30. The summed E-state index contributed by atoms with van der Waals surface area (Å²) in [6.07, 6.45) is 2.91. The molecule has 2 N–H and O–H groups in total. The Morgan fingerprint density at radius 2 is 2.00 bits per heavy atom. The van der Waals surface area contributed by atoms with Crippen LogP contribution >= 0.6 is 0 Å². The molecule has 0 aliphatic heterocycles. The van der Waals surface area contributed by atoms with Crippen molar-refractivity contribution in [3.63, 3.8) is 0 Å². The maximum Gasteiger partial charge on any atom is 0.265 e. The van der Waals surface area contributed by atoms with Gasteiger partial charge in [0.05, 0.1) is 0 Å². The van der Waals surface area contributed by atoms with Crippen molar-refractivity contribution in [1.82, 2.24) is 10.1 Å². The molecular weight excluding hydrogens is 240 g/mol. The lowest BCUT2D eigenvalue weighted by atomic mass is 9.76. The van der Waals surface area contributed by atoms with E-state index in [4.69, 9.17) is 10.3 Å². The van der Waals surface area contributed by atoms with E-state index in [-0.39, 0.29) is 5.41 Å². The van der Waals surface area contributed by atoms with Crippen molar-refractivity contribution in [2.45, 2.75) is 47.0 Å². The molecule has 1 atom stereocenters. The Balaban J connectivity index is 2.57. The van der Waals surface area contributed by atoms with Crippen LogP contribution < -0.4 is 10.6 Å². The first-order valence-corrected chi connectivity index (χ1v) is 7.12. The Bertz CT molecular complexity index is 370. The van der Waals surface area contributed by atoms with Crippen molar-refractivity contribution in [2.75, 3.05) is 25.0 Å². The maximum absolute atomic E-state index is 5.70. The first-order chi connectivity index (χ1) is 8.88. The Morgan fingerprint density at radius 3 is 2.53 bits per heavy atom. The highest BCUT2D eigenvalue weighted by Gasteiger charge is 2.24. The fraction of sp³-hybridized carbons (Fsp3) is 0.857. The number of anilines is 1. The molecule has 110 valence electrons. The maximum atomic E-state index is 5.70. The van der Waals surface area contributed by atoms with Gasteiger partial charge in [0.25, 0.3) is 5.95 Å². The van der Waals surface area contributed by atoms with Crippen molar-refractivity contribution in [1.29, 1.82) is 0 Å². The van der Waals surface area contributed by atoms with Crippen LogP contribution in [-0.2, 0) is 6.42 Å². The molecule has 1 heterocycles. The van der Waals surface area contributed by atoms with Gasteiger partial charge in [-0.2, -0.15) is 4.98 Å². The van der Waals surface area contributed by atoms with Gasteiger partial charge in [-0.05, 0) is 42.8 Å². The van der Waals surface area contributed by atoms with Gasteiger partial charge in [-0.3, -0.25) is 0 Å². The van der Waals surface area contributed by atoms with Crippen molar-refractivity contribution < 1.29 is 4.52 Å². The summed E-state index contributed by atoms with van der Waals surface area (Å²) in [7, 11) is 1.96. The smallest absolute Gasteiger partial charge is 0.265 e. The van der Waals surface area contributed by atoms with E-state index < -0.39 is 0 Å². The molecule has 0 aliphatic carbocycles. The lowest BCUT2D eigenvalue weighted by molar-refractivity contribution is 0.208. The number of hydrogen-bond donors (Lipinski definition) is 1. The highest BCUT2D eigenvalue weighted by molar-refractivity contribution is 5.24. The zero-order chi connectivity index (χ0) is 14.5. The van der Waals surface area contributed by atoms with Gasteiger partial charge in [-0.1, -0.05) is 20.8 Å². The molecule has 1 aromatic rings. The number of nitrogens with two attached hydrogens (primary N) is 1. The van der Waals surface area contributed by atoms with Gasteiger partial charge in [-0.15, -0.1) is 0 Å². The standard InChI is InChI=1S/C14H28N4O/c1-6-18(5)13-16-12(19-17-13)8-7-11(9-10-15)14(2,3)4/h11H,6-10,15H2,1-5H3. The van der Waals surface area contributed by atoms with Gasteiger partial charge in [0.1, 0.15) is 0 Å². The molecule has 1 rings (SSSR count). The largest absolute Gasteiger partial charge is 0.342 e. The quantitative estimate of drug-likeness (QED) is 0.822. The van der Waals surface area contributed by atoms with E-state index in [1.54, 1.807) is 0 Å². The van der Waals surface area contributed by atoms with Crippen LogP contribution in [0.5, 0.6) is 0 Å². The van der Waals surface area contributed by atoms with Crippen LogP contribution in [0.25, 0.3) is 0 Å². The average molecular weight is 268 g/mol. The Hall–Kier alpha value is -1.10. The second-order valence-electron chi connectivity index (χ2n) is 6.18. The van der Waals surface area contributed by atoms with Crippen LogP contribution in [0.1, 0.15) is 46.4 Å². The minimum absolute atomic E-state index is 0.266. The van der Waals surface area contributed by atoms with E-state index in [1.165, 1.54) is 0 Å². The van der Waals surface area contributed by atoms with Crippen molar-refractivity contribution in [3.8, 4) is 0 Å². The predicted molar refractivity (Wildman–Crippen MR) is 78.2 cm³/mol. The average Bonchev–Trinajstić information content (AvgIpc) is 2.80. The number of hydrogen-bond acceptors (Lipinski definition) is 5. The first-order valence-electron chi connectivity index (χ1n) is 7.12. The fourth-order valence-corrected chi connectivity index (χ4v) is 2.15. The summed E-state index contributed by atoms with van der Waals surface area (Å²) < 4.78 is 5.29. The third kappa shape index (κ3) is 4.82. The second-order valence-corrected chi connectivity index (χ2v) is 6.18. The molecule has 1 aromatic heterocycles. The van der Waals surface area contributed by atoms with Crippen molar-refractivity contribution in [3.05, 3.63) is 5.89 Å². The number of aryl methyl sites for hydroxylation is 1. The monoisotopic (exact) mass is 268 g/mol. The van der Waals surface area contributed by atoms with Crippen LogP contribution in [-0.4, -0.2) is 30.3 Å². The Morgan fingerprint density at radius 1 is 1.32 bits per heavy atom. The zero-order valence-electron chi connectivity index (χ0n) is 12.9. The SMILES string of the molecule is CCN(C)c1noc(CCC(CCN)C(C)(C)C)n1.